The van der Waals surface area contributed by atoms with E-state index < -0.39 is 0 Å². The van der Waals surface area contributed by atoms with Gasteiger partial charge in [0, 0.05) is 19.1 Å². The van der Waals surface area contributed by atoms with Crippen LogP contribution in [0.3, 0.4) is 0 Å². The molecule has 0 unspecified atom stereocenters. The standard InChI is InChI=1S/C24H39N2O3.ClH/c1-6-7-8-9-10-11-12-13-14-25-15-16-26(20(25)2)19-22-23(28-4)17-21(27-3)18-24(22)29-5;/h15-18H,6-14,19H2,1-5H3;1H/q+1;/p-1. The number of aryl methyl sites for hydroxylation is 1. The van der Waals surface area contributed by atoms with E-state index in [0.717, 1.165) is 29.4 Å². The molecule has 0 amide bonds. The summed E-state index contributed by atoms with van der Waals surface area (Å²) in [6.45, 7) is 6.22. The molecule has 30 heavy (non-hydrogen) atoms. The van der Waals surface area contributed by atoms with Crippen molar-refractivity contribution in [2.45, 2.75) is 78.3 Å². The number of nitrogens with zero attached hydrogens (tertiary/aromatic N) is 2. The second kappa shape index (κ2) is 14.2. The minimum Gasteiger partial charge on any atom is -1.00 e. The third-order valence-electron chi connectivity index (χ3n) is 5.66. The lowest BCUT2D eigenvalue weighted by molar-refractivity contribution is -0.694. The van der Waals surface area contributed by atoms with Gasteiger partial charge in [-0.2, -0.15) is 0 Å². The van der Waals surface area contributed by atoms with Gasteiger partial charge in [0.2, 0.25) is 0 Å². The smallest absolute Gasteiger partial charge is 0.253 e. The predicted molar refractivity (Wildman–Crippen MR) is 117 cm³/mol. The van der Waals surface area contributed by atoms with E-state index in [2.05, 4.69) is 35.4 Å². The van der Waals surface area contributed by atoms with Crippen LogP contribution in [0.1, 0.15) is 69.7 Å². The van der Waals surface area contributed by atoms with Gasteiger partial charge in [-0.15, -0.1) is 0 Å². The van der Waals surface area contributed by atoms with Crippen LogP contribution in [0.2, 0.25) is 0 Å². The minimum atomic E-state index is 0. The molecule has 0 radical (unpaired) electrons. The summed E-state index contributed by atoms with van der Waals surface area (Å²) in [7, 11) is 5.02. The summed E-state index contributed by atoms with van der Waals surface area (Å²) in [5.74, 6) is 3.54. The number of hydrogen-bond donors (Lipinski definition) is 0. The van der Waals surface area contributed by atoms with E-state index in [4.69, 9.17) is 14.2 Å². The zero-order valence-corrected chi connectivity index (χ0v) is 20.1. The Labute approximate surface area is 188 Å². The van der Waals surface area contributed by atoms with Crippen LogP contribution in [0.4, 0.5) is 0 Å². The number of ether oxygens (including phenoxy) is 3. The second-order valence-electron chi connectivity index (χ2n) is 7.65. The maximum atomic E-state index is 5.60. The Bertz CT molecular complexity index is 721. The molecule has 0 aliphatic heterocycles. The number of benzene rings is 1. The molecule has 0 aliphatic carbocycles. The number of methoxy groups -OCH3 is 3. The third kappa shape index (κ3) is 7.42. The van der Waals surface area contributed by atoms with Crippen LogP contribution in [0.15, 0.2) is 24.5 Å². The Hall–Kier alpha value is -1.88. The van der Waals surface area contributed by atoms with Crippen LogP contribution < -0.4 is 31.2 Å². The molecule has 1 aromatic carbocycles. The number of hydrogen-bond acceptors (Lipinski definition) is 3. The maximum Gasteiger partial charge on any atom is 0.253 e. The molecule has 1 heterocycles. The number of aromatic nitrogens is 2. The average Bonchev–Trinajstić information content (AvgIpc) is 3.09. The number of rotatable bonds is 14. The normalized spacial score (nSPS) is 10.6. The van der Waals surface area contributed by atoms with Crippen molar-refractivity contribution in [3.05, 3.63) is 35.9 Å². The molecule has 6 heteroatoms. The summed E-state index contributed by atoms with van der Waals surface area (Å²) >= 11 is 0. The third-order valence-corrected chi connectivity index (χ3v) is 5.66. The Balaban J connectivity index is 0.00000450. The van der Waals surface area contributed by atoms with Gasteiger partial charge in [-0.05, 0) is 12.8 Å². The van der Waals surface area contributed by atoms with Gasteiger partial charge in [-0.3, -0.25) is 0 Å². The molecule has 1 aromatic heterocycles. The van der Waals surface area contributed by atoms with E-state index in [1.807, 2.05) is 12.1 Å². The Morgan fingerprint density at radius 3 is 1.93 bits per heavy atom. The van der Waals surface area contributed by atoms with Crippen LogP contribution >= 0.6 is 0 Å². The average molecular weight is 439 g/mol. The first kappa shape index (κ1) is 26.2. The number of unbranched alkanes of at least 4 members (excludes halogenated alkanes) is 7. The summed E-state index contributed by atoms with van der Waals surface area (Å²) in [6.07, 6.45) is 15.1. The van der Waals surface area contributed by atoms with Gasteiger partial charge < -0.3 is 26.6 Å². The molecular weight excluding hydrogens is 400 g/mol. The summed E-state index contributed by atoms with van der Waals surface area (Å²) in [6, 6.07) is 3.82. The molecule has 170 valence electrons. The first-order valence-electron chi connectivity index (χ1n) is 11.0. The van der Waals surface area contributed by atoms with Crippen molar-refractivity contribution in [3.8, 4) is 17.2 Å². The van der Waals surface area contributed by atoms with E-state index in [-0.39, 0.29) is 12.4 Å². The minimum absolute atomic E-state index is 0. The fraction of sp³-hybridized carbons (Fsp3) is 0.625. The second-order valence-corrected chi connectivity index (χ2v) is 7.65. The van der Waals surface area contributed by atoms with Gasteiger partial charge in [0.05, 0.1) is 33.4 Å². The van der Waals surface area contributed by atoms with Gasteiger partial charge in [0.25, 0.3) is 5.82 Å². The molecule has 2 aromatic rings. The molecule has 2 rings (SSSR count). The molecule has 0 aliphatic rings. The highest BCUT2D eigenvalue weighted by Gasteiger charge is 2.19. The van der Waals surface area contributed by atoms with Crippen molar-refractivity contribution >= 4 is 0 Å². The van der Waals surface area contributed by atoms with E-state index >= 15 is 0 Å². The largest absolute Gasteiger partial charge is 1.00 e. The first-order valence-corrected chi connectivity index (χ1v) is 11.0. The van der Waals surface area contributed by atoms with Crippen LogP contribution in [-0.4, -0.2) is 25.9 Å². The van der Waals surface area contributed by atoms with E-state index in [0.29, 0.717) is 6.54 Å². The first-order chi connectivity index (χ1) is 14.1. The molecular formula is C24H39ClN2O3. The van der Waals surface area contributed by atoms with Crippen molar-refractivity contribution in [1.82, 2.24) is 4.57 Å². The van der Waals surface area contributed by atoms with Gasteiger partial charge >= 0.3 is 0 Å². The predicted octanol–water partition coefficient (Wildman–Crippen LogP) is 2.30. The maximum absolute atomic E-state index is 5.60. The number of imidazole rings is 1. The summed E-state index contributed by atoms with van der Waals surface area (Å²) < 4.78 is 21.1. The molecule has 0 atom stereocenters. The van der Waals surface area contributed by atoms with Crippen LogP contribution in [0.25, 0.3) is 0 Å². The van der Waals surface area contributed by atoms with Crippen molar-refractivity contribution in [3.63, 3.8) is 0 Å². The zero-order chi connectivity index (χ0) is 21.1. The molecule has 5 nitrogen and oxygen atoms in total. The van der Waals surface area contributed by atoms with Crippen molar-refractivity contribution in [2.24, 2.45) is 0 Å². The Morgan fingerprint density at radius 1 is 0.833 bits per heavy atom. The van der Waals surface area contributed by atoms with Crippen LogP contribution in [0, 0.1) is 6.92 Å². The number of halogens is 1. The van der Waals surface area contributed by atoms with E-state index in [9.17, 15) is 0 Å². The van der Waals surface area contributed by atoms with Gasteiger partial charge in [-0.1, -0.05) is 45.4 Å². The highest BCUT2D eigenvalue weighted by atomic mass is 35.5. The lowest BCUT2D eigenvalue weighted by Gasteiger charge is -2.14. The molecule has 0 N–H and O–H groups in total. The highest BCUT2D eigenvalue weighted by molar-refractivity contribution is 5.50. The monoisotopic (exact) mass is 438 g/mol. The van der Waals surface area contributed by atoms with Gasteiger partial charge in [-0.25, -0.2) is 9.13 Å². The fourth-order valence-electron chi connectivity index (χ4n) is 3.77. The van der Waals surface area contributed by atoms with Crippen LogP contribution in [-0.2, 0) is 13.1 Å². The molecule has 0 saturated heterocycles. The van der Waals surface area contributed by atoms with E-state index in [1.54, 1.807) is 21.3 Å². The lowest BCUT2D eigenvalue weighted by atomic mass is 10.1. The highest BCUT2D eigenvalue weighted by Crippen LogP contribution is 2.33. The van der Waals surface area contributed by atoms with Gasteiger partial charge in [0.1, 0.15) is 36.2 Å². The van der Waals surface area contributed by atoms with Crippen molar-refractivity contribution < 1.29 is 31.2 Å². The van der Waals surface area contributed by atoms with Gasteiger partial charge in [0.15, 0.2) is 0 Å². The van der Waals surface area contributed by atoms with Crippen molar-refractivity contribution in [2.75, 3.05) is 21.3 Å². The SMILES string of the molecule is CCCCCCCCCCn1cc[n+](Cc2c(OC)cc(OC)cc2OC)c1C.[Cl-]. The summed E-state index contributed by atoms with van der Waals surface area (Å²) in [5.41, 5.74) is 1.02. The molecule has 0 fully saturated rings. The molecule has 0 bridgehead atoms. The molecule has 0 saturated carbocycles. The van der Waals surface area contributed by atoms with E-state index in [1.165, 1.54) is 57.2 Å². The summed E-state index contributed by atoms with van der Waals surface area (Å²) in [4.78, 5) is 0. The Kier molecular flexibility index (Phi) is 12.4. The summed E-state index contributed by atoms with van der Waals surface area (Å²) in [5, 5.41) is 0. The molecule has 0 spiro atoms. The topological polar surface area (TPSA) is 36.5 Å². The fourth-order valence-corrected chi connectivity index (χ4v) is 3.77. The van der Waals surface area contributed by atoms with Crippen LogP contribution in [0.5, 0.6) is 17.2 Å². The quantitative estimate of drug-likeness (QED) is 0.335. The van der Waals surface area contributed by atoms with Crippen molar-refractivity contribution in [1.29, 1.82) is 0 Å². The zero-order valence-electron chi connectivity index (χ0n) is 19.4. The lowest BCUT2D eigenvalue weighted by Crippen LogP contribution is -3.00. The Morgan fingerprint density at radius 2 is 1.40 bits per heavy atom.